The lowest BCUT2D eigenvalue weighted by molar-refractivity contribution is 0.0956. The highest BCUT2D eigenvalue weighted by Crippen LogP contribution is 2.37. The van der Waals surface area contributed by atoms with E-state index in [2.05, 4.69) is 10.5 Å². The summed E-state index contributed by atoms with van der Waals surface area (Å²) in [7, 11) is 4.61. The number of hydrogen-bond acceptors (Lipinski definition) is 7. The van der Waals surface area contributed by atoms with E-state index in [0.29, 0.717) is 50.7 Å². The number of para-hydroxylation sites is 2. The SMILES string of the molecule is COc1cc(/C=N\NC(=O)c2cc(-c3ccccc3OC(C)C)nc3ccccc23)cc(OC)c1OC. The summed E-state index contributed by atoms with van der Waals surface area (Å²) in [6.45, 7) is 3.94. The molecule has 0 radical (unpaired) electrons. The van der Waals surface area contributed by atoms with Gasteiger partial charge in [-0.3, -0.25) is 4.79 Å². The van der Waals surface area contributed by atoms with Gasteiger partial charge < -0.3 is 18.9 Å². The fourth-order valence-electron chi connectivity index (χ4n) is 3.94. The molecule has 0 aliphatic heterocycles. The second-order valence-electron chi connectivity index (χ2n) is 8.39. The number of nitrogens with zero attached hydrogens (tertiary/aromatic N) is 2. The average Bonchev–Trinajstić information content (AvgIpc) is 2.91. The van der Waals surface area contributed by atoms with E-state index in [-0.39, 0.29) is 12.0 Å². The van der Waals surface area contributed by atoms with Crippen LogP contribution in [0.2, 0.25) is 0 Å². The Balaban J connectivity index is 1.68. The molecule has 1 amide bonds. The molecule has 4 rings (SSSR count). The maximum absolute atomic E-state index is 13.3. The Morgan fingerprint density at radius 2 is 1.57 bits per heavy atom. The third-order valence-electron chi connectivity index (χ3n) is 5.55. The van der Waals surface area contributed by atoms with Crippen LogP contribution in [-0.2, 0) is 0 Å². The molecular formula is C29H29N3O5. The number of carbonyl (C=O) groups is 1. The van der Waals surface area contributed by atoms with Gasteiger partial charge in [-0.15, -0.1) is 0 Å². The van der Waals surface area contributed by atoms with Crippen molar-refractivity contribution in [2.75, 3.05) is 21.3 Å². The first kappa shape index (κ1) is 25.5. The maximum atomic E-state index is 13.3. The zero-order valence-electron chi connectivity index (χ0n) is 21.4. The number of fused-ring (bicyclic) bond motifs is 1. The molecule has 190 valence electrons. The lowest BCUT2D eigenvalue weighted by Crippen LogP contribution is -2.18. The number of methoxy groups -OCH3 is 3. The first-order chi connectivity index (χ1) is 17.9. The van der Waals surface area contributed by atoms with Crippen LogP contribution in [0.4, 0.5) is 0 Å². The van der Waals surface area contributed by atoms with E-state index in [1.807, 2.05) is 62.4 Å². The number of amides is 1. The Hall–Kier alpha value is -4.59. The van der Waals surface area contributed by atoms with Crippen LogP contribution in [0.3, 0.4) is 0 Å². The molecule has 8 heteroatoms. The summed E-state index contributed by atoms with van der Waals surface area (Å²) in [6, 6.07) is 20.4. The van der Waals surface area contributed by atoms with Crippen LogP contribution in [0.5, 0.6) is 23.0 Å². The van der Waals surface area contributed by atoms with Gasteiger partial charge in [0.25, 0.3) is 5.91 Å². The molecule has 4 aromatic rings. The van der Waals surface area contributed by atoms with E-state index in [0.717, 1.165) is 5.56 Å². The Labute approximate surface area is 215 Å². The largest absolute Gasteiger partial charge is 0.493 e. The standard InChI is InChI=1S/C29H29N3O5/c1-18(2)37-25-13-9-7-11-21(25)24-16-22(20-10-6-8-12-23(20)31-24)29(33)32-30-17-19-14-26(34-3)28(36-5)27(15-19)35-4/h6-18H,1-5H3,(H,32,33)/b30-17-. The molecule has 0 aliphatic rings. The summed E-state index contributed by atoms with van der Waals surface area (Å²) in [6.07, 6.45) is 1.51. The molecule has 8 nitrogen and oxygen atoms in total. The van der Waals surface area contributed by atoms with Gasteiger partial charge in [0.1, 0.15) is 5.75 Å². The van der Waals surface area contributed by atoms with E-state index in [1.54, 1.807) is 18.2 Å². The fourth-order valence-corrected chi connectivity index (χ4v) is 3.94. The highest BCUT2D eigenvalue weighted by Gasteiger charge is 2.17. The summed E-state index contributed by atoms with van der Waals surface area (Å²) in [5.41, 5.74) is 5.86. The monoisotopic (exact) mass is 499 g/mol. The van der Waals surface area contributed by atoms with Crippen molar-refractivity contribution in [3.8, 4) is 34.3 Å². The number of nitrogens with one attached hydrogen (secondary N) is 1. The predicted molar refractivity (Wildman–Crippen MR) is 144 cm³/mol. The zero-order chi connectivity index (χ0) is 26.4. The molecule has 0 aliphatic carbocycles. The van der Waals surface area contributed by atoms with Crippen molar-refractivity contribution in [2.45, 2.75) is 20.0 Å². The molecular weight excluding hydrogens is 470 g/mol. The summed E-state index contributed by atoms with van der Waals surface area (Å²) in [4.78, 5) is 18.1. The minimum absolute atomic E-state index is 0.00563. The van der Waals surface area contributed by atoms with Crippen molar-refractivity contribution in [3.05, 3.63) is 77.9 Å². The molecule has 0 atom stereocenters. The number of hydrazone groups is 1. The van der Waals surface area contributed by atoms with Crippen LogP contribution < -0.4 is 24.4 Å². The van der Waals surface area contributed by atoms with Crippen LogP contribution in [0.1, 0.15) is 29.8 Å². The molecule has 1 aromatic heterocycles. The second kappa shape index (κ2) is 11.4. The van der Waals surface area contributed by atoms with Crippen molar-refractivity contribution in [1.82, 2.24) is 10.4 Å². The van der Waals surface area contributed by atoms with Crippen molar-refractivity contribution in [2.24, 2.45) is 5.10 Å². The van der Waals surface area contributed by atoms with Crippen LogP contribution in [0.25, 0.3) is 22.2 Å². The van der Waals surface area contributed by atoms with Gasteiger partial charge in [0.15, 0.2) is 11.5 Å². The topological polar surface area (TPSA) is 91.3 Å². The molecule has 1 N–H and O–H groups in total. The molecule has 3 aromatic carbocycles. The van der Waals surface area contributed by atoms with Gasteiger partial charge in [-0.25, -0.2) is 10.4 Å². The molecule has 0 fully saturated rings. The number of pyridine rings is 1. The minimum Gasteiger partial charge on any atom is -0.493 e. The Kier molecular flexibility index (Phi) is 7.88. The van der Waals surface area contributed by atoms with Crippen molar-refractivity contribution in [1.29, 1.82) is 0 Å². The summed E-state index contributed by atoms with van der Waals surface area (Å²) in [5.74, 6) is 1.78. The van der Waals surface area contributed by atoms with Crippen molar-refractivity contribution in [3.63, 3.8) is 0 Å². The smallest absolute Gasteiger partial charge is 0.272 e. The minimum atomic E-state index is -0.370. The van der Waals surface area contributed by atoms with E-state index in [4.69, 9.17) is 23.9 Å². The number of carbonyl (C=O) groups excluding carboxylic acids is 1. The molecule has 37 heavy (non-hydrogen) atoms. The van der Waals surface area contributed by atoms with E-state index in [1.165, 1.54) is 27.5 Å². The third kappa shape index (κ3) is 5.64. The predicted octanol–water partition coefficient (Wildman–Crippen LogP) is 5.48. The van der Waals surface area contributed by atoms with Gasteiger partial charge in [-0.1, -0.05) is 30.3 Å². The van der Waals surface area contributed by atoms with Crippen LogP contribution in [0.15, 0.2) is 71.8 Å². The Morgan fingerprint density at radius 1 is 0.892 bits per heavy atom. The van der Waals surface area contributed by atoms with Gasteiger partial charge in [0.2, 0.25) is 5.75 Å². The highest BCUT2D eigenvalue weighted by atomic mass is 16.5. The molecule has 0 saturated carbocycles. The number of ether oxygens (including phenoxy) is 4. The normalized spacial score (nSPS) is 11.1. The van der Waals surface area contributed by atoms with Crippen LogP contribution in [-0.4, -0.2) is 44.5 Å². The number of rotatable bonds is 9. The number of hydrogen-bond donors (Lipinski definition) is 1. The van der Waals surface area contributed by atoms with Crippen molar-refractivity contribution < 1.29 is 23.7 Å². The molecule has 0 saturated heterocycles. The quantitative estimate of drug-likeness (QED) is 0.242. The average molecular weight is 500 g/mol. The lowest BCUT2D eigenvalue weighted by Gasteiger charge is -2.15. The Bertz CT molecular complexity index is 1420. The van der Waals surface area contributed by atoms with Crippen LogP contribution in [0, 0.1) is 0 Å². The maximum Gasteiger partial charge on any atom is 0.272 e. The van der Waals surface area contributed by atoms with Gasteiger partial charge >= 0.3 is 0 Å². The first-order valence-electron chi connectivity index (χ1n) is 11.7. The van der Waals surface area contributed by atoms with Crippen LogP contribution >= 0.6 is 0 Å². The second-order valence-corrected chi connectivity index (χ2v) is 8.39. The third-order valence-corrected chi connectivity index (χ3v) is 5.55. The van der Waals surface area contributed by atoms with Crippen molar-refractivity contribution >= 4 is 23.0 Å². The molecule has 0 bridgehead atoms. The lowest BCUT2D eigenvalue weighted by atomic mass is 10.0. The van der Waals surface area contributed by atoms with Gasteiger partial charge in [-0.05, 0) is 50.2 Å². The summed E-state index contributed by atoms with van der Waals surface area (Å²) in [5, 5.41) is 4.89. The Morgan fingerprint density at radius 3 is 2.24 bits per heavy atom. The van der Waals surface area contributed by atoms with Gasteiger partial charge in [0.05, 0.1) is 50.4 Å². The van der Waals surface area contributed by atoms with Gasteiger partial charge in [-0.2, -0.15) is 5.10 Å². The number of benzene rings is 3. The molecule has 0 unspecified atom stereocenters. The van der Waals surface area contributed by atoms with Gasteiger partial charge in [0, 0.05) is 16.5 Å². The first-order valence-corrected chi connectivity index (χ1v) is 11.7. The fraction of sp³-hybridized carbons (Fsp3) is 0.207. The zero-order valence-corrected chi connectivity index (χ0v) is 21.4. The van der Waals surface area contributed by atoms with E-state index < -0.39 is 0 Å². The summed E-state index contributed by atoms with van der Waals surface area (Å²) < 4.78 is 22.1. The highest BCUT2D eigenvalue weighted by molar-refractivity contribution is 6.07. The summed E-state index contributed by atoms with van der Waals surface area (Å²) >= 11 is 0. The van der Waals surface area contributed by atoms with E-state index in [9.17, 15) is 4.79 Å². The molecule has 1 heterocycles. The molecule has 0 spiro atoms. The van der Waals surface area contributed by atoms with E-state index >= 15 is 0 Å². The number of aromatic nitrogens is 1.